The number of hydrogen-bond donors (Lipinski definition) is 1. The molecule has 1 rings (SSSR count). The SMILES string of the molecule is C=CC1=C(/C=C\C)OP(=O)(OC[C@H](CC)OC(C)C)N(CC(=O)OC(C)C)C1=O.CC/C=C\N. The Bertz CT molecular complexity index is 803. The fraction of sp³-hybridized carbons (Fsp3) is 0.583. The third-order valence-corrected chi connectivity index (χ3v) is 5.94. The largest absolute Gasteiger partial charge is 0.492 e. The van der Waals surface area contributed by atoms with E-state index in [0.717, 1.165) is 11.1 Å². The Balaban J connectivity index is 0.00000196. The van der Waals surface area contributed by atoms with Gasteiger partial charge in [-0.05, 0) is 59.7 Å². The van der Waals surface area contributed by atoms with Crippen molar-refractivity contribution in [1.82, 2.24) is 4.67 Å². The maximum absolute atomic E-state index is 13.5. The predicted octanol–water partition coefficient (Wildman–Crippen LogP) is 5.01. The number of carbonyl (C=O) groups excluding carboxylic acids is 2. The number of esters is 1. The van der Waals surface area contributed by atoms with Crippen molar-refractivity contribution >= 4 is 19.6 Å². The number of allylic oxidation sites excluding steroid dienone is 3. The molecule has 9 nitrogen and oxygen atoms in total. The molecule has 2 N–H and O–H groups in total. The highest BCUT2D eigenvalue weighted by molar-refractivity contribution is 7.52. The molecular weight excluding hydrogens is 459 g/mol. The maximum Gasteiger partial charge on any atom is 0.492 e. The highest BCUT2D eigenvalue weighted by atomic mass is 31.2. The van der Waals surface area contributed by atoms with E-state index in [4.69, 9.17) is 24.3 Å². The van der Waals surface area contributed by atoms with Gasteiger partial charge in [0.15, 0.2) is 0 Å². The van der Waals surface area contributed by atoms with E-state index in [0.29, 0.717) is 6.42 Å². The molecule has 194 valence electrons. The zero-order valence-corrected chi connectivity index (χ0v) is 22.4. The molecule has 0 saturated heterocycles. The monoisotopic (exact) mass is 500 g/mol. The summed E-state index contributed by atoms with van der Waals surface area (Å²) in [6, 6.07) is 0. The van der Waals surface area contributed by atoms with Crippen LogP contribution < -0.4 is 5.73 Å². The van der Waals surface area contributed by atoms with E-state index in [-0.39, 0.29) is 36.3 Å². The Morgan fingerprint density at radius 2 is 1.88 bits per heavy atom. The van der Waals surface area contributed by atoms with Crippen molar-refractivity contribution < 1.29 is 32.7 Å². The Morgan fingerprint density at radius 3 is 2.29 bits per heavy atom. The normalized spacial score (nSPS) is 19.4. The average Bonchev–Trinajstić information content (AvgIpc) is 2.75. The van der Waals surface area contributed by atoms with Crippen LogP contribution >= 0.6 is 7.75 Å². The molecule has 1 amide bonds. The molecule has 1 unspecified atom stereocenters. The fourth-order valence-electron chi connectivity index (χ4n) is 2.67. The summed E-state index contributed by atoms with van der Waals surface area (Å²) in [6.07, 6.45) is 8.74. The van der Waals surface area contributed by atoms with Crippen molar-refractivity contribution in [3.63, 3.8) is 0 Å². The first kappa shape index (κ1) is 31.6. The molecule has 0 aromatic rings. The van der Waals surface area contributed by atoms with E-state index >= 15 is 0 Å². The van der Waals surface area contributed by atoms with Crippen LogP contribution in [0.3, 0.4) is 0 Å². The number of hydrogen-bond acceptors (Lipinski definition) is 8. The first-order chi connectivity index (χ1) is 16.0. The van der Waals surface area contributed by atoms with Gasteiger partial charge < -0.3 is 19.7 Å². The maximum atomic E-state index is 13.5. The Morgan fingerprint density at radius 1 is 1.24 bits per heavy atom. The Kier molecular flexibility index (Phi) is 15.2. The van der Waals surface area contributed by atoms with Gasteiger partial charge in [0.05, 0.1) is 30.5 Å². The molecule has 0 aliphatic carbocycles. The Labute approximate surface area is 204 Å². The van der Waals surface area contributed by atoms with Crippen molar-refractivity contribution in [3.05, 3.63) is 48.4 Å². The fourth-order valence-corrected chi connectivity index (χ4v) is 4.34. The third-order valence-electron chi connectivity index (χ3n) is 4.12. The van der Waals surface area contributed by atoms with Crippen LogP contribution in [0.4, 0.5) is 0 Å². The van der Waals surface area contributed by atoms with Gasteiger partial charge in [0.1, 0.15) is 12.3 Å². The minimum atomic E-state index is -4.18. The first-order valence-corrected chi connectivity index (χ1v) is 13.0. The summed E-state index contributed by atoms with van der Waals surface area (Å²) in [6.45, 7) is 15.8. The van der Waals surface area contributed by atoms with Gasteiger partial charge in [-0.3, -0.25) is 14.1 Å². The van der Waals surface area contributed by atoms with Gasteiger partial charge in [-0.1, -0.05) is 38.7 Å². The van der Waals surface area contributed by atoms with E-state index in [9.17, 15) is 14.2 Å². The lowest BCUT2D eigenvalue weighted by Crippen LogP contribution is -2.40. The van der Waals surface area contributed by atoms with Crippen LogP contribution in [0.5, 0.6) is 0 Å². The molecule has 0 bridgehead atoms. The minimum absolute atomic E-state index is 0.0543. The number of carbonyl (C=O) groups is 2. The van der Waals surface area contributed by atoms with Crippen LogP contribution in [0.2, 0.25) is 0 Å². The second-order valence-electron chi connectivity index (χ2n) is 7.79. The second-order valence-corrected chi connectivity index (χ2v) is 9.65. The van der Waals surface area contributed by atoms with E-state index in [1.165, 1.54) is 12.2 Å². The van der Waals surface area contributed by atoms with Crippen molar-refractivity contribution in [2.24, 2.45) is 5.73 Å². The van der Waals surface area contributed by atoms with E-state index < -0.39 is 26.2 Å². The quantitative estimate of drug-likeness (QED) is 0.294. The summed E-state index contributed by atoms with van der Waals surface area (Å²) in [5.41, 5.74) is 5.04. The number of nitrogens with two attached hydrogens (primary N) is 1. The number of ether oxygens (including phenoxy) is 2. The second kappa shape index (κ2) is 16.3. The summed E-state index contributed by atoms with van der Waals surface area (Å²) in [4.78, 5) is 25.1. The highest BCUT2D eigenvalue weighted by Gasteiger charge is 2.47. The van der Waals surface area contributed by atoms with Crippen molar-refractivity contribution in [1.29, 1.82) is 0 Å². The average molecular weight is 501 g/mol. The lowest BCUT2D eigenvalue weighted by atomic mass is 10.2. The smallest absolute Gasteiger partial charge is 0.462 e. The van der Waals surface area contributed by atoms with Crippen molar-refractivity contribution in [3.8, 4) is 0 Å². The molecule has 0 spiro atoms. The lowest BCUT2D eigenvalue weighted by Gasteiger charge is -2.35. The zero-order valence-electron chi connectivity index (χ0n) is 21.5. The molecule has 0 fully saturated rings. The van der Waals surface area contributed by atoms with Crippen LogP contribution in [0.25, 0.3) is 0 Å². The summed E-state index contributed by atoms with van der Waals surface area (Å²) in [5.74, 6) is -1.33. The summed E-state index contributed by atoms with van der Waals surface area (Å²) >= 11 is 0. The first-order valence-electron chi connectivity index (χ1n) is 11.5. The lowest BCUT2D eigenvalue weighted by molar-refractivity contribution is -0.150. The molecule has 1 aliphatic heterocycles. The van der Waals surface area contributed by atoms with Crippen LogP contribution in [0.15, 0.2) is 48.4 Å². The highest BCUT2D eigenvalue weighted by Crippen LogP contribution is 2.57. The van der Waals surface area contributed by atoms with Crippen LogP contribution in [-0.2, 0) is 32.7 Å². The molecule has 1 aliphatic rings. The standard InChI is InChI=1S/C20H32NO7P.C4H9N/c1-8-11-18-17(10-3)20(23)21(12-19(22)27-15(6)7)29(24,28-18)25-13-16(9-2)26-14(4)5;1-2-3-4-5/h8,10-11,14-16H,3,9,12-13H2,1-2,4-7H3;3-4H,2,5H2,1H3/b11-8-;4-3-/t16-,29?;/m0./s1. The van der Waals surface area contributed by atoms with E-state index in [2.05, 4.69) is 6.58 Å². The van der Waals surface area contributed by atoms with E-state index in [1.807, 2.05) is 33.8 Å². The predicted molar refractivity (Wildman–Crippen MR) is 134 cm³/mol. The van der Waals surface area contributed by atoms with Crippen LogP contribution in [0.1, 0.15) is 61.3 Å². The summed E-state index contributed by atoms with van der Waals surface area (Å²) in [5, 5.41) is 0. The van der Waals surface area contributed by atoms with Gasteiger partial charge in [0.2, 0.25) is 0 Å². The van der Waals surface area contributed by atoms with Crippen molar-refractivity contribution in [2.75, 3.05) is 13.2 Å². The topological polar surface area (TPSA) is 117 Å². The molecule has 1 heterocycles. The van der Waals surface area contributed by atoms with Gasteiger partial charge in [0, 0.05) is 0 Å². The van der Waals surface area contributed by atoms with Gasteiger partial charge in [-0.15, -0.1) is 0 Å². The molecule has 2 atom stereocenters. The summed E-state index contributed by atoms with van der Waals surface area (Å²) in [7, 11) is -4.18. The minimum Gasteiger partial charge on any atom is -0.462 e. The zero-order chi connectivity index (χ0) is 26.3. The number of amides is 1. The number of rotatable bonds is 12. The van der Waals surface area contributed by atoms with Gasteiger partial charge in [0.25, 0.3) is 5.91 Å². The van der Waals surface area contributed by atoms with Crippen LogP contribution in [-0.4, -0.2) is 48.0 Å². The molecular formula is C24H41N2O7P. The number of nitrogens with zero attached hydrogens (tertiary/aromatic N) is 1. The molecule has 0 radical (unpaired) electrons. The van der Waals surface area contributed by atoms with Gasteiger partial charge >= 0.3 is 13.7 Å². The van der Waals surface area contributed by atoms with Crippen LogP contribution in [0, 0.1) is 0 Å². The third kappa shape index (κ3) is 10.7. The van der Waals surface area contributed by atoms with E-state index in [1.54, 1.807) is 33.0 Å². The molecule has 0 saturated carbocycles. The summed E-state index contributed by atoms with van der Waals surface area (Å²) < 4.78 is 36.3. The molecule has 0 aromatic heterocycles. The molecule has 0 aromatic carbocycles. The van der Waals surface area contributed by atoms with Crippen molar-refractivity contribution in [2.45, 2.75) is 79.6 Å². The van der Waals surface area contributed by atoms with Gasteiger partial charge in [-0.2, -0.15) is 0 Å². The Hall–Kier alpha value is -2.35. The van der Waals surface area contributed by atoms with Gasteiger partial charge in [-0.25, -0.2) is 9.24 Å². The molecule has 10 heteroatoms. The molecule has 34 heavy (non-hydrogen) atoms.